The summed E-state index contributed by atoms with van der Waals surface area (Å²) in [6, 6.07) is 12.6. The highest BCUT2D eigenvalue weighted by Gasteiger charge is 2.06. The molecule has 0 fully saturated rings. The lowest BCUT2D eigenvalue weighted by Crippen LogP contribution is -1.93. The second-order valence-electron chi connectivity index (χ2n) is 3.73. The molecule has 0 amide bonds. The van der Waals surface area contributed by atoms with Gasteiger partial charge in [0.05, 0.1) is 7.11 Å². The van der Waals surface area contributed by atoms with Gasteiger partial charge in [-0.15, -0.1) is 0 Å². The van der Waals surface area contributed by atoms with Gasteiger partial charge in [0.15, 0.2) is 11.5 Å². The first-order valence-corrected chi connectivity index (χ1v) is 5.42. The average Bonchev–Trinajstić information content (AvgIpc) is 2.41. The first kappa shape index (κ1) is 11.9. The second kappa shape index (κ2) is 5.19. The Kier molecular flexibility index (Phi) is 3.44. The molecular formula is C14H12N2O2. The minimum Gasteiger partial charge on any atom is -0.493 e. The van der Waals surface area contributed by atoms with Crippen molar-refractivity contribution in [2.24, 2.45) is 0 Å². The highest BCUT2D eigenvalue weighted by atomic mass is 16.5. The predicted molar refractivity (Wildman–Crippen MR) is 66.8 cm³/mol. The number of hydrogen-bond acceptors (Lipinski definition) is 4. The average molecular weight is 240 g/mol. The van der Waals surface area contributed by atoms with Crippen molar-refractivity contribution in [3.63, 3.8) is 0 Å². The molecule has 0 bridgehead atoms. The van der Waals surface area contributed by atoms with Gasteiger partial charge in [-0.25, -0.2) is 4.98 Å². The number of nitriles is 1. The molecular weight excluding hydrogens is 228 g/mol. The fraction of sp³-hybridized carbons (Fsp3) is 0.143. The van der Waals surface area contributed by atoms with Crippen molar-refractivity contribution in [2.45, 2.75) is 6.92 Å². The predicted octanol–water partition coefficient (Wildman–Crippen LogP) is 3.06. The van der Waals surface area contributed by atoms with Crippen LogP contribution in [0, 0.1) is 18.3 Å². The smallest absolute Gasteiger partial charge is 0.220 e. The van der Waals surface area contributed by atoms with Gasteiger partial charge in [0, 0.05) is 6.07 Å². The van der Waals surface area contributed by atoms with Crippen LogP contribution in [-0.2, 0) is 0 Å². The molecule has 1 heterocycles. The van der Waals surface area contributed by atoms with Crippen LogP contribution < -0.4 is 9.47 Å². The zero-order chi connectivity index (χ0) is 13.0. The molecule has 0 radical (unpaired) electrons. The minimum absolute atomic E-state index is 0.318. The zero-order valence-electron chi connectivity index (χ0n) is 10.2. The van der Waals surface area contributed by atoms with Gasteiger partial charge in [0.25, 0.3) is 0 Å². The lowest BCUT2D eigenvalue weighted by Gasteiger charge is -2.10. The van der Waals surface area contributed by atoms with E-state index in [1.165, 1.54) is 0 Å². The quantitative estimate of drug-likeness (QED) is 0.827. The summed E-state index contributed by atoms with van der Waals surface area (Å²) in [4.78, 5) is 4.05. The molecule has 4 heteroatoms. The van der Waals surface area contributed by atoms with Crippen molar-refractivity contribution < 1.29 is 9.47 Å². The Labute approximate surface area is 105 Å². The molecule has 90 valence electrons. The van der Waals surface area contributed by atoms with Gasteiger partial charge in [-0.3, -0.25) is 0 Å². The number of nitrogens with zero attached hydrogens (tertiary/aromatic N) is 2. The third kappa shape index (κ3) is 2.58. The van der Waals surface area contributed by atoms with E-state index >= 15 is 0 Å². The summed E-state index contributed by atoms with van der Waals surface area (Å²) in [5, 5.41) is 8.77. The molecule has 0 aliphatic heterocycles. The van der Waals surface area contributed by atoms with Gasteiger partial charge < -0.3 is 9.47 Å². The van der Waals surface area contributed by atoms with Gasteiger partial charge in [-0.1, -0.05) is 12.1 Å². The van der Waals surface area contributed by atoms with Gasteiger partial charge in [-0.2, -0.15) is 5.26 Å². The fourth-order valence-electron chi connectivity index (χ4n) is 1.51. The number of hydrogen-bond donors (Lipinski definition) is 0. The van der Waals surface area contributed by atoms with E-state index in [4.69, 9.17) is 14.7 Å². The molecule has 2 rings (SSSR count). The van der Waals surface area contributed by atoms with E-state index in [0.29, 0.717) is 23.1 Å². The number of benzene rings is 1. The van der Waals surface area contributed by atoms with E-state index < -0.39 is 0 Å². The maximum absolute atomic E-state index is 8.77. The first-order chi connectivity index (χ1) is 8.72. The van der Waals surface area contributed by atoms with E-state index in [-0.39, 0.29) is 0 Å². The molecule has 18 heavy (non-hydrogen) atoms. The summed E-state index contributed by atoms with van der Waals surface area (Å²) >= 11 is 0. The number of aryl methyl sites for hydroxylation is 1. The van der Waals surface area contributed by atoms with Crippen molar-refractivity contribution in [3.8, 4) is 23.4 Å². The van der Waals surface area contributed by atoms with E-state index in [1.54, 1.807) is 25.3 Å². The SMILES string of the molecule is COc1cc(C)ccc1Oc1cccc(C#N)n1. The van der Waals surface area contributed by atoms with E-state index in [9.17, 15) is 0 Å². The normalized spacial score (nSPS) is 9.61. The van der Waals surface area contributed by atoms with Crippen molar-refractivity contribution in [3.05, 3.63) is 47.7 Å². The van der Waals surface area contributed by atoms with Crippen molar-refractivity contribution in [1.29, 1.82) is 5.26 Å². The fourth-order valence-corrected chi connectivity index (χ4v) is 1.51. The number of pyridine rings is 1. The summed E-state index contributed by atoms with van der Waals surface area (Å²) in [7, 11) is 1.58. The molecule has 0 aliphatic rings. The molecule has 0 unspecified atom stereocenters. The first-order valence-electron chi connectivity index (χ1n) is 5.42. The van der Waals surface area contributed by atoms with Gasteiger partial charge in [0.1, 0.15) is 11.8 Å². The van der Waals surface area contributed by atoms with Crippen LogP contribution >= 0.6 is 0 Å². The molecule has 1 aromatic heterocycles. The monoisotopic (exact) mass is 240 g/mol. The number of ether oxygens (including phenoxy) is 2. The minimum atomic E-state index is 0.318. The van der Waals surface area contributed by atoms with Crippen LogP contribution in [-0.4, -0.2) is 12.1 Å². The van der Waals surface area contributed by atoms with Crippen LogP contribution in [0.4, 0.5) is 0 Å². The van der Waals surface area contributed by atoms with Crippen LogP contribution in [0.2, 0.25) is 0 Å². The third-order valence-corrected chi connectivity index (χ3v) is 2.37. The van der Waals surface area contributed by atoms with Crippen LogP contribution in [0.15, 0.2) is 36.4 Å². The molecule has 2 aromatic rings. The molecule has 4 nitrogen and oxygen atoms in total. The van der Waals surface area contributed by atoms with Gasteiger partial charge in [-0.05, 0) is 30.7 Å². The Morgan fingerprint density at radius 2 is 2.00 bits per heavy atom. The molecule has 0 atom stereocenters. The third-order valence-electron chi connectivity index (χ3n) is 2.37. The zero-order valence-corrected chi connectivity index (χ0v) is 10.2. The summed E-state index contributed by atoms with van der Waals surface area (Å²) in [5.41, 5.74) is 1.40. The standard InChI is InChI=1S/C14H12N2O2/c1-10-6-7-12(13(8-10)17-2)18-14-5-3-4-11(9-15)16-14/h3-8H,1-2H3. The highest BCUT2D eigenvalue weighted by molar-refractivity contribution is 5.44. The Bertz CT molecular complexity index is 603. The summed E-state index contributed by atoms with van der Waals surface area (Å²) in [5.74, 6) is 1.58. The van der Waals surface area contributed by atoms with Crippen LogP contribution in [0.3, 0.4) is 0 Å². The molecule has 0 spiro atoms. The summed E-state index contributed by atoms with van der Waals surface area (Å²) in [6.45, 7) is 1.97. The Morgan fingerprint density at radius 3 is 2.72 bits per heavy atom. The van der Waals surface area contributed by atoms with Gasteiger partial charge >= 0.3 is 0 Å². The maximum atomic E-state index is 8.77. The summed E-state index contributed by atoms with van der Waals surface area (Å²) < 4.78 is 10.8. The highest BCUT2D eigenvalue weighted by Crippen LogP contribution is 2.31. The van der Waals surface area contributed by atoms with Crippen molar-refractivity contribution >= 4 is 0 Å². The maximum Gasteiger partial charge on any atom is 0.220 e. The largest absolute Gasteiger partial charge is 0.493 e. The van der Waals surface area contributed by atoms with Crippen molar-refractivity contribution in [2.75, 3.05) is 7.11 Å². The van der Waals surface area contributed by atoms with E-state index in [1.807, 2.05) is 31.2 Å². The van der Waals surface area contributed by atoms with Crippen LogP contribution in [0.25, 0.3) is 0 Å². The Morgan fingerprint density at radius 1 is 1.17 bits per heavy atom. The topological polar surface area (TPSA) is 55.1 Å². The second-order valence-corrected chi connectivity index (χ2v) is 3.73. The molecule has 0 saturated carbocycles. The number of methoxy groups -OCH3 is 1. The lowest BCUT2D eigenvalue weighted by atomic mass is 10.2. The van der Waals surface area contributed by atoms with E-state index in [2.05, 4.69) is 4.98 Å². The molecule has 1 aromatic carbocycles. The summed E-state index contributed by atoms with van der Waals surface area (Å²) in [6.07, 6.45) is 0. The molecule has 0 aliphatic carbocycles. The van der Waals surface area contributed by atoms with Crippen LogP contribution in [0.1, 0.15) is 11.3 Å². The van der Waals surface area contributed by atoms with Crippen LogP contribution in [0.5, 0.6) is 17.4 Å². The lowest BCUT2D eigenvalue weighted by molar-refractivity contribution is 0.374. The molecule has 0 saturated heterocycles. The van der Waals surface area contributed by atoms with Crippen molar-refractivity contribution in [1.82, 2.24) is 4.98 Å². The number of aromatic nitrogens is 1. The Balaban J connectivity index is 2.31. The van der Waals surface area contributed by atoms with Gasteiger partial charge in [0.2, 0.25) is 5.88 Å². The van der Waals surface area contributed by atoms with E-state index in [0.717, 1.165) is 5.56 Å². The number of rotatable bonds is 3. The molecule has 0 N–H and O–H groups in total. The Hall–Kier alpha value is -2.54.